The Morgan fingerprint density at radius 3 is 2.35 bits per heavy atom. The van der Waals surface area contributed by atoms with Crippen LogP contribution in [0.1, 0.15) is 45.3 Å². The van der Waals surface area contributed by atoms with Crippen LogP contribution in [0.5, 0.6) is 11.5 Å². The molecule has 5 aromatic rings. The molecule has 11 nitrogen and oxygen atoms in total. The number of benzene rings is 3. The van der Waals surface area contributed by atoms with Crippen LogP contribution in [0.2, 0.25) is 0 Å². The molecule has 0 bridgehead atoms. The van der Waals surface area contributed by atoms with E-state index in [0.29, 0.717) is 61.8 Å². The molecule has 1 aliphatic rings. The van der Waals surface area contributed by atoms with Crippen LogP contribution in [0.25, 0.3) is 0 Å². The lowest BCUT2D eigenvalue weighted by Crippen LogP contribution is -2.32. The van der Waals surface area contributed by atoms with E-state index >= 15 is 0 Å². The van der Waals surface area contributed by atoms with Crippen molar-refractivity contribution in [1.82, 2.24) is 15.0 Å². The molecule has 1 amide bonds. The van der Waals surface area contributed by atoms with Gasteiger partial charge in [0.05, 0.1) is 20.5 Å². The van der Waals surface area contributed by atoms with Crippen LogP contribution >= 0.6 is 0 Å². The molecule has 0 unspecified atom stereocenters. The summed E-state index contributed by atoms with van der Waals surface area (Å²) in [5.41, 5.74) is 5.99. The van der Waals surface area contributed by atoms with Crippen molar-refractivity contribution >= 4 is 29.4 Å². The number of aryl methyl sites for hydroxylation is 1. The van der Waals surface area contributed by atoms with Gasteiger partial charge in [0.2, 0.25) is 17.8 Å². The fourth-order valence-electron chi connectivity index (χ4n) is 5.81. The molecule has 0 saturated heterocycles. The smallest absolute Gasteiger partial charge is 0.258 e. The molecule has 0 aliphatic carbocycles. The predicted molar refractivity (Wildman–Crippen MR) is 187 cm³/mol. The topological polar surface area (TPSA) is 118 Å². The van der Waals surface area contributed by atoms with Crippen LogP contribution in [0.4, 0.5) is 23.5 Å². The molecule has 3 aromatic carbocycles. The summed E-state index contributed by atoms with van der Waals surface area (Å²) in [6.07, 6.45) is 3.18. The van der Waals surface area contributed by atoms with E-state index in [4.69, 9.17) is 23.9 Å². The second kappa shape index (κ2) is 14.9. The van der Waals surface area contributed by atoms with E-state index < -0.39 is 0 Å². The highest BCUT2D eigenvalue weighted by atomic mass is 16.5. The molecule has 0 radical (unpaired) electrons. The molecule has 48 heavy (non-hydrogen) atoms. The molecule has 2 N–H and O–H groups in total. The number of furan rings is 1. The third-order valence-corrected chi connectivity index (χ3v) is 8.39. The fourth-order valence-corrected chi connectivity index (χ4v) is 5.81. The summed E-state index contributed by atoms with van der Waals surface area (Å²) >= 11 is 0. The van der Waals surface area contributed by atoms with Gasteiger partial charge in [-0.3, -0.25) is 4.79 Å². The first-order chi connectivity index (χ1) is 23.4. The molecule has 0 fully saturated rings. The Morgan fingerprint density at radius 2 is 1.67 bits per heavy atom. The van der Waals surface area contributed by atoms with Gasteiger partial charge in [-0.05, 0) is 91.1 Å². The maximum atomic E-state index is 13.4. The average Bonchev–Trinajstić information content (AvgIpc) is 3.64. The van der Waals surface area contributed by atoms with Gasteiger partial charge in [0, 0.05) is 50.4 Å². The Bertz CT molecular complexity index is 1840. The maximum absolute atomic E-state index is 13.4. The molecular formula is C37H41N7O4. The third-order valence-electron chi connectivity index (χ3n) is 8.39. The second-order valence-electron chi connectivity index (χ2n) is 11.6. The molecule has 0 atom stereocenters. The van der Waals surface area contributed by atoms with E-state index in [0.717, 1.165) is 46.9 Å². The Morgan fingerprint density at radius 1 is 0.917 bits per heavy atom. The number of methoxy groups -OCH3 is 2. The molecular weight excluding hydrogens is 606 g/mol. The first-order valence-electron chi connectivity index (χ1n) is 16.2. The van der Waals surface area contributed by atoms with Crippen molar-refractivity contribution in [3.8, 4) is 11.5 Å². The van der Waals surface area contributed by atoms with Gasteiger partial charge in [0.15, 0.2) is 11.5 Å². The summed E-state index contributed by atoms with van der Waals surface area (Å²) in [4.78, 5) is 31.6. The lowest BCUT2D eigenvalue weighted by molar-refractivity contribution is 0.0988. The van der Waals surface area contributed by atoms with E-state index in [1.807, 2.05) is 80.6 Å². The number of nitrogens with zero attached hydrogens (tertiary/aromatic N) is 5. The van der Waals surface area contributed by atoms with Crippen LogP contribution < -0.4 is 29.9 Å². The molecule has 0 saturated carbocycles. The number of hydrogen-bond donors (Lipinski definition) is 2. The number of carbonyl (C=O) groups excluding carboxylic acids is 1. The number of aromatic nitrogens is 3. The summed E-state index contributed by atoms with van der Waals surface area (Å²) < 4.78 is 16.6. The quantitative estimate of drug-likeness (QED) is 0.151. The zero-order valence-corrected chi connectivity index (χ0v) is 27.8. The second-order valence-corrected chi connectivity index (χ2v) is 11.6. The lowest BCUT2D eigenvalue weighted by Gasteiger charge is -2.30. The summed E-state index contributed by atoms with van der Waals surface area (Å²) in [6.45, 7) is 7.03. The van der Waals surface area contributed by atoms with Crippen molar-refractivity contribution in [2.45, 2.75) is 39.8 Å². The summed E-state index contributed by atoms with van der Waals surface area (Å²) in [7, 11) is 3.30. The minimum Gasteiger partial charge on any atom is -0.493 e. The van der Waals surface area contributed by atoms with Gasteiger partial charge < -0.3 is 34.3 Å². The van der Waals surface area contributed by atoms with Gasteiger partial charge in [-0.1, -0.05) is 24.3 Å². The molecule has 3 heterocycles. The molecule has 248 valence electrons. The molecule has 11 heteroatoms. The number of carbonyl (C=O) groups is 1. The highest BCUT2D eigenvalue weighted by Gasteiger charge is 2.23. The van der Waals surface area contributed by atoms with Crippen molar-refractivity contribution in [3.05, 3.63) is 113 Å². The van der Waals surface area contributed by atoms with Crippen LogP contribution in [-0.2, 0) is 25.9 Å². The highest BCUT2D eigenvalue weighted by Crippen LogP contribution is 2.34. The Kier molecular flexibility index (Phi) is 10.0. The van der Waals surface area contributed by atoms with Crippen LogP contribution in [0.3, 0.4) is 0 Å². The summed E-state index contributed by atoms with van der Waals surface area (Å²) in [5, 5.41) is 6.71. The maximum Gasteiger partial charge on any atom is 0.258 e. The van der Waals surface area contributed by atoms with Gasteiger partial charge in [-0.15, -0.1) is 0 Å². The fraction of sp³-hybridized carbons (Fsp3) is 0.297. The number of hydrogen-bond acceptors (Lipinski definition) is 10. The van der Waals surface area contributed by atoms with Gasteiger partial charge >= 0.3 is 0 Å². The van der Waals surface area contributed by atoms with Gasteiger partial charge in [-0.25, -0.2) is 0 Å². The number of anilines is 4. The van der Waals surface area contributed by atoms with Gasteiger partial charge in [0.1, 0.15) is 5.76 Å². The van der Waals surface area contributed by atoms with E-state index in [9.17, 15) is 4.79 Å². The Hall–Kier alpha value is -5.58. The third kappa shape index (κ3) is 7.52. The molecule has 6 rings (SSSR count). The number of rotatable bonds is 13. The largest absolute Gasteiger partial charge is 0.493 e. The molecule has 1 aliphatic heterocycles. The average molecular weight is 648 g/mol. The minimum absolute atomic E-state index is 0.0332. The SMILES string of the molecule is CCN(C(=O)c1ccc(CNc2nc(NCCc3ccco3)nc(N3CCc4cc(OC)c(OC)cc4C3)n2)cc1)c1cccc(C)c1. The van der Waals surface area contributed by atoms with E-state index in [1.54, 1.807) is 25.4 Å². The zero-order valence-electron chi connectivity index (χ0n) is 27.8. The standard InChI is InChI=1S/C37H41N7O4/c1-5-44(30-9-6-8-25(2)20-30)34(45)27-13-11-26(12-14-27)23-39-36-40-35(38-17-15-31-10-7-19-48-31)41-37(42-36)43-18-16-28-21-32(46-3)33(47-4)22-29(28)24-43/h6-14,19-22H,5,15-18,23-24H2,1-4H3,(H2,38,39,40,41,42). The first kappa shape index (κ1) is 32.4. The summed E-state index contributed by atoms with van der Waals surface area (Å²) in [6, 6.07) is 23.5. The molecule has 0 spiro atoms. The zero-order chi connectivity index (χ0) is 33.5. The van der Waals surface area contributed by atoms with Crippen molar-refractivity contribution < 1.29 is 18.7 Å². The first-order valence-corrected chi connectivity index (χ1v) is 16.2. The predicted octanol–water partition coefficient (Wildman–Crippen LogP) is 6.29. The van der Waals surface area contributed by atoms with Gasteiger partial charge in [0.25, 0.3) is 5.91 Å². The highest BCUT2D eigenvalue weighted by molar-refractivity contribution is 6.06. The van der Waals surface area contributed by atoms with Crippen LogP contribution in [0, 0.1) is 6.92 Å². The number of amides is 1. The van der Waals surface area contributed by atoms with Crippen molar-refractivity contribution in [2.24, 2.45) is 0 Å². The van der Waals surface area contributed by atoms with Crippen molar-refractivity contribution in [2.75, 3.05) is 54.3 Å². The van der Waals surface area contributed by atoms with Crippen LogP contribution in [0.15, 0.2) is 83.5 Å². The lowest BCUT2D eigenvalue weighted by atomic mass is 9.99. The minimum atomic E-state index is -0.0332. The monoisotopic (exact) mass is 647 g/mol. The number of fused-ring (bicyclic) bond motifs is 1. The van der Waals surface area contributed by atoms with Crippen molar-refractivity contribution in [1.29, 1.82) is 0 Å². The number of nitrogens with one attached hydrogen (secondary N) is 2. The van der Waals surface area contributed by atoms with E-state index in [-0.39, 0.29) is 5.91 Å². The normalized spacial score (nSPS) is 12.3. The van der Waals surface area contributed by atoms with Gasteiger partial charge in [-0.2, -0.15) is 15.0 Å². The number of ether oxygens (including phenoxy) is 2. The molecule has 2 aromatic heterocycles. The van der Waals surface area contributed by atoms with E-state index in [1.165, 1.54) is 5.56 Å². The Balaban J connectivity index is 1.18. The summed E-state index contributed by atoms with van der Waals surface area (Å²) in [5.74, 6) is 3.78. The van der Waals surface area contributed by atoms with E-state index in [2.05, 4.69) is 26.6 Å². The van der Waals surface area contributed by atoms with Crippen LogP contribution in [-0.4, -0.2) is 54.7 Å². The van der Waals surface area contributed by atoms with Crippen molar-refractivity contribution in [3.63, 3.8) is 0 Å². The Labute approximate surface area is 280 Å².